The molecule has 2 atom stereocenters. The van der Waals surface area contributed by atoms with Crippen LogP contribution in [0.5, 0.6) is 5.75 Å². The molecule has 1 N–H and O–H groups in total. The Morgan fingerprint density at radius 1 is 1.14 bits per heavy atom. The summed E-state index contributed by atoms with van der Waals surface area (Å²) < 4.78 is 5.23. The van der Waals surface area contributed by atoms with Gasteiger partial charge in [-0.2, -0.15) is 0 Å². The van der Waals surface area contributed by atoms with Gasteiger partial charge >= 0.3 is 5.69 Å². The third kappa shape index (κ3) is 2.95. The Morgan fingerprint density at radius 3 is 2.39 bits per heavy atom. The Hall–Kier alpha value is -1.86. The van der Waals surface area contributed by atoms with Gasteiger partial charge in [0.15, 0.2) is 5.75 Å². The van der Waals surface area contributed by atoms with E-state index >= 15 is 0 Å². The van der Waals surface area contributed by atoms with Crippen LogP contribution in [-0.4, -0.2) is 59.9 Å². The van der Waals surface area contributed by atoms with Gasteiger partial charge in [0.25, 0.3) is 0 Å². The van der Waals surface area contributed by atoms with Gasteiger partial charge in [0, 0.05) is 50.0 Å². The molecule has 0 amide bonds. The lowest BCUT2D eigenvalue weighted by molar-refractivity contribution is -0.385. The second kappa shape index (κ2) is 6.59. The zero-order valence-electron chi connectivity index (χ0n) is 16.4. The highest BCUT2D eigenvalue weighted by Gasteiger charge is 2.56. The van der Waals surface area contributed by atoms with Crippen molar-refractivity contribution in [2.24, 2.45) is 17.8 Å². The standard InChI is InChI=1S/C21H29N3O4/c1-28-19-10-17(2-3-18(19)24(26)27)22-4-6-23(7-5-22)20-15-8-14-9-16(20)13-21(25,11-14)12-15/h2-3,10,14-16,20,25H,4-9,11-13H2,1H3/t14?,15?,16?,20-,21-. The number of methoxy groups -OCH3 is 1. The van der Waals surface area contributed by atoms with Crippen molar-refractivity contribution in [1.29, 1.82) is 0 Å². The van der Waals surface area contributed by atoms with Crippen LogP contribution in [0.1, 0.15) is 32.1 Å². The molecule has 0 radical (unpaired) electrons. The zero-order chi connectivity index (χ0) is 19.5. The quantitative estimate of drug-likeness (QED) is 0.632. The highest BCUT2D eigenvalue weighted by Crippen LogP contribution is 2.57. The van der Waals surface area contributed by atoms with Crippen LogP contribution >= 0.6 is 0 Å². The second-order valence-corrected chi connectivity index (χ2v) is 9.32. The number of hydrogen-bond donors (Lipinski definition) is 1. The third-order valence-electron chi connectivity index (χ3n) is 7.65. The van der Waals surface area contributed by atoms with E-state index in [0.717, 1.165) is 57.0 Å². The molecule has 4 saturated carbocycles. The molecule has 1 aromatic carbocycles. The number of rotatable bonds is 4. The van der Waals surface area contributed by atoms with Gasteiger partial charge in [-0.3, -0.25) is 15.0 Å². The van der Waals surface area contributed by atoms with Crippen molar-refractivity contribution in [3.05, 3.63) is 28.3 Å². The molecule has 1 saturated heterocycles. The first-order valence-electron chi connectivity index (χ1n) is 10.5. The van der Waals surface area contributed by atoms with Crippen LogP contribution in [0.3, 0.4) is 0 Å². The summed E-state index contributed by atoms with van der Waals surface area (Å²) in [5.74, 6) is 2.37. The predicted octanol–water partition coefficient (Wildman–Crippen LogP) is 2.67. The van der Waals surface area contributed by atoms with Gasteiger partial charge in [-0.1, -0.05) is 0 Å². The summed E-state index contributed by atoms with van der Waals surface area (Å²) in [5, 5.41) is 22.0. The molecule has 6 rings (SSSR count). The Kier molecular flexibility index (Phi) is 4.28. The molecule has 7 heteroatoms. The molecule has 1 aromatic rings. The molecular weight excluding hydrogens is 358 g/mol. The normalized spacial score (nSPS) is 37.3. The molecule has 2 unspecified atom stereocenters. The van der Waals surface area contributed by atoms with E-state index < -0.39 is 4.92 Å². The molecule has 28 heavy (non-hydrogen) atoms. The number of ether oxygens (including phenoxy) is 1. The van der Waals surface area contributed by atoms with Crippen molar-refractivity contribution in [1.82, 2.24) is 4.90 Å². The number of nitro benzene ring substituents is 1. The zero-order valence-corrected chi connectivity index (χ0v) is 16.4. The summed E-state index contributed by atoms with van der Waals surface area (Å²) in [6.45, 7) is 3.87. The minimum Gasteiger partial charge on any atom is -0.490 e. The highest BCUT2D eigenvalue weighted by molar-refractivity contribution is 5.59. The van der Waals surface area contributed by atoms with E-state index in [9.17, 15) is 15.2 Å². The summed E-state index contributed by atoms with van der Waals surface area (Å²) in [7, 11) is 1.48. The van der Waals surface area contributed by atoms with E-state index in [-0.39, 0.29) is 11.3 Å². The number of nitro groups is 1. The van der Waals surface area contributed by atoms with E-state index in [4.69, 9.17) is 4.74 Å². The van der Waals surface area contributed by atoms with Crippen LogP contribution in [0, 0.1) is 27.9 Å². The lowest BCUT2D eigenvalue weighted by Crippen LogP contribution is -2.64. The monoisotopic (exact) mass is 387 g/mol. The number of benzene rings is 1. The summed E-state index contributed by atoms with van der Waals surface area (Å²) in [6.07, 6.45) is 5.60. The van der Waals surface area contributed by atoms with Crippen molar-refractivity contribution in [2.45, 2.75) is 43.7 Å². The number of hydrogen-bond acceptors (Lipinski definition) is 6. The molecule has 4 bridgehead atoms. The van der Waals surface area contributed by atoms with Gasteiger partial charge in [-0.05, 0) is 55.9 Å². The topological polar surface area (TPSA) is 79.1 Å². The third-order valence-corrected chi connectivity index (χ3v) is 7.65. The Labute approximate surface area is 165 Å². The molecule has 1 aliphatic heterocycles. The van der Waals surface area contributed by atoms with Gasteiger partial charge in [0.2, 0.25) is 0 Å². The molecule has 0 spiro atoms. The van der Waals surface area contributed by atoms with Crippen LogP contribution in [0.15, 0.2) is 18.2 Å². The van der Waals surface area contributed by atoms with Crippen molar-refractivity contribution in [2.75, 3.05) is 38.2 Å². The van der Waals surface area contributed by atoms with E-state index in [0.29, 0.717) is 23.6 Å². The number of aliphatic hydroxyl groups is 1. The molecule has 4 aliphatic carbocycles. The maximum Gasteiger partial charge on any atom is 0.311 e. The predicted molar refractivity (Wildman–Crippen MR) is 106 cm³/mol. The summed E-state index contributed by atoms with van der Waals surface area (Å²) in [6, 6.07) is 5.78. The fraction of sp³-hybridized carbons (Fsp3) is 0.714. The van der Waals surface area contributed by atoms with Crippen molar-refractivity contribution >= 4 is 11.4 Å². The van der Waals surface area contributed by atoms with E-state index in [2.05, 4.69) is 9.80 Å². The van der Waals surface area contributed by atoms with Gasteiger partial charge in [-0.25, -0.2) is 0 Å². The van der Waals surface area contributed by atoms with Crippen LogP contribution in [0.25, 0.3) is 0 Å². The van der Waals surface area contributed by atoms with Crippen molar-refractivity contribution in [3.63, 3.8) is 0 Å². The number of nitrogens with zero attached hydrogens (tertiary/aromatic N) is 3. The maximum atomic E-state index is 11.1. The van der Waals surface area contributed by atoms with Crippen LogP contribution in [0.2, 0.25) is 0 Å². The average molecular weight is 387 g/mol. The SMILES string of the molecule is COc1cc(N2CCN([C@H]3C4CC5CC3C[C@](O)(C5)C4)CC2)ccc1[N+](=O)[O-]. The van der Waals surface area contributed by atoms with E-state index in [1.165, 1.54) is 20.0 Å². The minimum absolute atomic E-state index is 0.0106. The van der Waals surface area contributed by atoms with Gasteiger partial charge in [0.05, 0.1) is 17.6 Å². The van der Waals surface area contributed by atoms with Gasteiger partial charge in [0.1, 0.15) is 0 Å². The Morgan fingerprint density at radius 2 is 1.82 bits per heavy atom. The molecule has 152 valence electrons. The second-order valence-electron chi connectivity index (χ2n) is 9.32. The molecule has 5 aliphatic rings. The summed E-state index contributed by atoms with van der Waals surface area (Å²) in [5.41, 5.74) is 0.627. The van der Waals surface area contributed by atoms with E-state index in [1.807, 2.05) is 6.07 Å². The average Bonchev–Trinajstić information content (AvgIpc) is 2.66. The van der Waals surface area contributed by atoms with Crippen LogP contribution < -0.4 is 9.64 Å². The first-order valence-corrected chi connectivity index (χ1v) is 10.5. The largest absolute Gasteiger partial charge is 0.490 e. The Bertz CT molecular complexity index is 761. The fourth-order valence-electron chi connectivity index (χ4n) is 6.84. The van der Waals surface area contributed by atoms with Crippen LogP contribution in [0.4, 0.5) is 11.4 Å². The molecular formula is C21H29N3O4. The van der Waals surface area contributed by atoms with E-state index in [1.54, 1.807) is 12.1 Å². The summed E-state index contributed by atoms with van der Waals surface area (Å²) >= 11 is 0. The lowest BCUT2D eigenvalue weighted by Gasteiger charge is -2.61. The fourth-order valence-corrected chi connectivity index (χ4v) is 6.84. The molecule has 0 aromatic heterocycles. The summed E-state index contributed by atoms with van der Waals surface area (Å²) in [4.78, 5) is 15.7. The molecule has 5 fully saturated rings. The van der Waals surface area contributed by atoms with Gasteiger partial charge < -0.3 is 14.7 Å². The smallest absolute Gasteiger partial charge is 0.311 e. The van der Waals surface area contributed by atoms with Crippen LogP contribution in [-0.2, 0) is 0 Å². The number of piperazine rings is 1. The first kappa shape index (κ1) is 18.2. The van der Waals surface area contributed by atoms with Crippen molar-refractivity contribution < 1.29 is 14.8 Å². The lowest BCUT2D eigenvalue weighted by atomic mass is 9.52. The number of anilines is 1. The van der Waals surface area contributed by atoms with Gasteiger partial charge in [-0.15, -0.1) is 0 Å². The maximum absolute atomic E-state index is 11.1. The Balaban J connectivity index is 1.27. The molecule has 7 nitrogen and oxygen atoms in total. The first-order chi connectivity index (χ1) is 13.5. The minimum atomic E-state index is -0.402. The highest BCUT2D eigenvalue weighted by atomic mass is 16.6. The van der Waals surface area contributed by atoms with Crippen molar-refractivity contribution in [3.8, 4) is 5.75 Å². The molecule has 1 heterocycles.